The van der Waals surface area contributed by atoms with Crippen molar-refractivity contribution in [3.05, 3.63) is 11.5 Å². The molecular weight excluding hydrogens is 116 g/mol. The molecule has 3 heteroatoms. The van der Waals surface area contributed by atoms with E-state index < -0.39 is 0 Å². The van der Waals surface area contributed by atoms with Gasteiger partial charge in [-0.2, -0.15) is 0 Å². The fourth-order valence-corrected chi connectivity index (χ4v) is 1.29. The summed E-state index contributed by atoms with van der Waals surface area (Å²) in [6, 6.07) is 0. The first-order valence-electron chi connectivity index (χ1n) is 1.60. The Balaban J connectivity index is 2.26. The Labute approximate surface area is 44.7 Å². The monoisotopic (exact) mass is 120 g/mol. The highest BCUT2D eigenvalue weighted by molar-refractivity contribution is 8.76. The van der Waals surface area contributed by atoms with Crippen LogP contribution in [-0.4, -0.2) is 6.61 Å². The third-order valence-corrected chi connectivity index (χ3v) is 1.88. The van der Waals surface area contributed by atoms with E-state index in [1.54, 1.807) is 10.8 Å². The van der Waals surface area contributed by atoms with Crippen LogP contribution in [0.15, 0.2) is 11.5 Å². The van der Waals surface area contributed by atoms with Crippen LogP contribution in [0.1, 0.15) is 0 Å². The topological polar surface area (TPSA) is 9.23 Å². The summed E-state index contributed by atoms with van der Waals surface area (Å²) in [5, 5.41) is 2.02. The Morgan fingerprint density at radius 3 is 2.83 bits per heavy atom. The standard InChI is InChI=1S/C3H4OS2/c1-2-4-6-5-3-1/h1,3H,2H2. The molecule has 0 fully saturated rings. The van der Waals surface area contributed by atoms with Crippen LogP contribution in [0.5, 0.6) is 0 Å². The van der Waals surface area contributed by atoms with Gasteiger partial charge in [-0.15, -0.1) is 0 Å². The van der Waals surface area contributed by atoms with Crippen LogP contribution in [0, 0.1) is 0 Å². The largest absolute Gasteiger partial charge is 0.301 e. The van der Waals surface area contributed by atoms with Crippen molar-refractivity contribution >= 4 is 21.9 Å². The minimum atomic E-state index is 0.762. The Hall–Kier alpha value is 0.400. The second-order valence-corrected chi connectivity index (χ2v) is 2.64. The molecule has 0 radical (unpaired) electrons. The maximum Gasteiger partial charge on any atom is 0.0814 e. The first-order valence-corrected chi connectivity index (χ1v) is 3.74. The van der Waals surface area contributed by atoms with Gasteiger partial charge in [0.05, 0.1) is 17.7 Å². The summed E-state index contributed by atoms with van der Waals surface area (Å²) in [6.45, 7) is 0.762. The highest BCUT2D eigenvalue weighted by Crippen LogP contribution is 2.26. The van der Waals surface area contributed by atoms with Crippen molar-refractivity contribution in [3.63, 3.8) is 0 Å². The van der Waals surface area contributed by atoms with Gasteiger partial charge in [0, 0.05) is 0 Å². The lowest BCUT2D eigenvalue weighted by atomic mass is 10.7. The Kier molecular flexibility index (Phi) is 1.94. The molecule has 1 aliphatic rings. The van der Waals surface area contributed by atoms with E-state index in [2.05, 4.69) is 0 Å². The molecule has 0 saturated heterocycles. The van der Waals surface area contributed by atoms with Gasteiger partial charge in [0.2, 0.25) is 0 Å². The van der Waals surface area contributed by atoms with Crippen LogP contribution >= 0.6 is 21.9 Å². The summed E-state index contributed by atoms with van der Waals surface area (Å²) in [6.07, 6.45) is 1.99. The number of rotatable bonds is 0. The van der Waals surface area contributed by atoms with E-state index in [0.29, 0.717) is 0 Å². The molecule has 0 saturated carbocycles. The average Bonchev–Trinajstić information content (AvgIpc) is 1.72. The number of hydrogen-bond donors (Lipinski definition) is 0. The SMILES string of the molecule is C1=CSSOC1. The van der Waals surface area contributed by atoms with Gasteiger partial charge in [-0.3, -0.25) is 0 Å². The smallest absolute Gasteiger partial charge is 0.0814 e. The second-order valence-electron chi connectivity index (χ2n) is 0.821. The lowest BCUT2D eigenvalue weighted by Crippen LogP contribution is -1.78. The third kappa shape index (κ3) is 1.24. The van der Waals surface area contributed by atoms with Gasteiger partial charge in [-0.1, -0.05) is 6.08 Å². The Bertz CT molecular complexity index is 53.8. The molecule has 1 heterocycles. The van der Waals surface area contributed by atoms with Gasteiger partial charge >= 0.3 is 0 Å². The molecule has 0 aromatic heterocycles. The summed E-state index contributed by atoms with van der Waals surface area (Å²) in [5.74, 6) is 0. The van der Waals surface area contributed by atoms with E-state index in [1.165, 1.54) is 11.1 Å². The summed E-state index contributed by atoms with van der Waals surface area (Å²) in [5.41, 5.74) is 0. The molecule has 34 valence electrons. The summed E-state index contributed by atoms with van der Waals surface area (Å²) >= 11 is 1.42. The quantitative estimate of drug-likeness (QED) is 0.356. The van der Waals surface area contributed by atoms with Crippen LogP contribution in [0.3, 0.4) is 0 Å². The Morgan fingerprint density at radius 2 is 2.67 bits per heavy atom. The van der Waals surface area contributed by atoms with Crippen molar-refractivity contribution in [2.24, 2.45) is 0 Å². The fourth-order valence-electron chi connectivity index (χ4n) is 0.196. The molecule has 0 aromatic carbocycles. The first-order chi connectivity index (χ1) is 3.00. The van der Waals surface area contributed by atoms with Crippen LogP contribution in [0.2, 0.25) is 0 Å². The number of hydrogen-bond acceptors (Lipinski definition) is 3. The van der Waals surface area contributed by atoms with Crippen LogP contribution in [0.4, 0.5) is 0 Å². The van der Waals surface area contributed by atoms with Crippen molar-refractivity contribution in [2.75, 3.05) is 6.61 Å². The maximum absolute atomic E-state index is 4.86. The molecule has 0 amide bonds. The predicted molar refractivity (Wildman–Crippen MR) is 30.3 cm³/mol. The minimum absolute atomic E-state index is 0.762. The van der Waals surface area contributed by atoms with E-state index >= 15 is 0 Å². The molecule has 0 atom stereocenters. The average molecular weight is 120 g/mol. The third-order valence-electron chi connectivity index (χ3n) is 0.403. The van der Waals surface area contributed by atoms with Crippen molar-refractivity contribution < 1.29 is 4.18 Å². The molecular formula is C3H4OS2. The van der Waals surface area contributed by atoms with E-state index in [9.17, 15) is 0 Å². The van der Waals surface area contributed by atoms with E-state index in [4.69, 9.17) is 4.18 Å². The van der Waals surface area contributed by atoms with Crippen molar-refractivity contribution in [3.8, 4) is 0 Å². The summed E-state index contributed by atoms with van der Waals surface area (Å²) < 4.78 is 4.86. The van der Waals surface area contributed by atoms with Gasteiger partial charge in [0.15, 0.2) is 0 Å². The molecule has 1 aliphatic heterocycles. The molecule has 0 aromatic rings. The highest BCUT2D eigenvalue weighted by atomic mass is 33.1. The summed E-state index contributed by atoms with van der Waals surface area (Å²) in [4.78, 5) is 0. The molecule has 1 rings (SSSR count). The highest BCUT2D eigenvalue weighted by Gasteiger charge is 1.88. The molecule has 0 unspecified atom stereocenters. The van der Waals surface area contributed by atoms with Crippen molar-refractivity contribution in [1.29, 1.82) is 0 Å². The molecule has 0 N–H and O–H groups in total. The van der Waals surface area contributed by atoms with E-state index in [1.807, 2.05) is 11.5 Å². The lowest BCUT2D eigenvalue weighted by molar-refractivity contribution is 0.435. The van der Waals surface area contributed by atoms with Crippen LogP contribution in [0.25, 0.3) is 0 Å². The van der Waals surface area contributed by atoms with Gasteiger partial charge < -0.3 is 4.18 Å². The Morgan fingerprint density at radius 1 is 1.67 bits per heavy atom. The minimum Gasteiger partial charge on any atom is -0.301 e. The molecule has 0 aliphatic carbocycles. The van der Waals surface area contributed by atoms with Gasteiger partial charge in [0.1, 0.15) is 0 Å². The first kappa shape index (κ1) is 4.56. The van der Waals surface area contributed by atoms with Crippen molar-refractivity contribution in [2.45, 2.75) is 0 Å². The van der Waals surface area contributed by atoms with Crippen molar-refractivity contribution in [1.82, 2.24) is 0 Å². The molecule has 6 heavy (non-hydrogen) atoms. The van der Waals surface area contributed by atoms with Crippen LogP contribution < -0.4 is 0 Å². The molecule has 0 bridgehead atoms. The second kappa shape index (κ2) is 2.55. The predicted octanol–water partition coefficient (Wildman–Crippen LogP) is 1.83. The maximum atomic E-state index is 4.86. The normalized spacial score (nSPS) is 21.3. The zero-order valence-electron chi connectivity index (χ0n) is 3.09. The zero-order chi connectivity index (χ0) is 4.24. The van der Waals surface area contributed by atoms with E-state index in [0.717, 1.165) is 6.61 Å². The zero-order valence-corrected chi connectivity index (χ0v) is 4.72. The summed E-state index contributed by atoms with van der Waals surface area (Å²) in [7, 11) is 1.61. The molecule has 1 nitrogen and oxygen atoms in total. The molecule has 0 spiro atoms. The van der Waals surface area contributed by atoms with Gasteiger partial charge in [-0.25, -0.2) is 0 Å². The van der Waals surface area contributed by atoms with Gasteiger partial charge in [0.25, 0.3) is 0 Å². The lowest BCUT2D eigenvalue weighted by Gasteiger charge is -1.97. The fraction of sp³-hybridized carbons (Fsp3) is 0.333. The van der Waals surface area contributed by atoms with Crippen LogP contribution in [-0.2, 0) is 4.18 Å². The van der Waals surface area contributed by atoms with Gasteiger partial charge in [-0.05, 0) is 16.2 Å². The van der Waals surface area contributed by atoms with E-state index in [-0.39, 0.29) is 0 Å².